The Hall–Kier alpha value is -0.480. The molecule has 15 heavy (non-hydrogen) atoms. The predicted octanol–water partition coefficient (Wildman–Crippen LogP) is 1.38. The van der Waals surface area contributed by atoms with Gasteiger partial charge in [0, 0.05) is 25.3 Å². The van der Waals surface area contributed by atoms with Crippen LogP contribution in [0.15, 0.2) is 6.33 Å². The van der Waals surface area contributed by atoms with E-state index in [4.69, 9.17) is 0 Å². The SMILES string of the molecule is CCn1cnc2c1C1(CCSC1)NCC2. The molecule has 0 amide bonds. The largest absolute Gasteiger partial charge is 0.333 e. The number of thioether (sulfide) groups is 1. The van der Waals surface area contributed by atoms with Crippen LogP contribution < -0.4 is 5.32 Å². The zero-order chi connectivity index (χ0) is 10.3. The average Bonchev–Trinajstić information content (AvgIpc) is 2.86. The van der Waals surface area contributed by atoms with Crippen LogP contribution >= 0.6 is 11.8 Å². The number of rotatable bonds is 1. The fourth-order valence-electron chi connectivity index (χ4n) is 2.79. The summed E-state index contributed by atoms with van der Waals surface area (Å²) in [7, 11) is 0. The number of hydrogen-bond donors (Lipinski definition) is 1. The second kappa shape index (κ2) is 3.52. The van der Waals surface area contributed by atoms with Gasteiger partial charge in [0.25, 0.3) is 0 Å². The highest BCUT2D eigenvalue weighted by atomic mass is 32.2. The van der Waals surface area contributed by atoms with Crippen molar-refractivity contribution in [2.45, 2.75) is 31.8 Å². The van der Waals surface area contributed by atoms with E-state index in [-0.39, 0.29) is 5.54 Å². The molecule has 0 aliphatic carbocycles. The Kier molecular flexibility index (Phi) is 2.29. The molecule has 1 aromatic heterocycles. The summed E-state index contributed by atoms with van der Waals surface area (Å²) in [5.74, 6) is 2.49. The maximum absolute atomic E-state index is 4.56. The minimum Gasteiger partial charge on any atom is -0.333 e. The fourth-order valence-corrected chi connectivity index (χ4v) is 4.16. The van der Waals surface area contributed by atoms with Crippen LogP contribution in [0.4, 0.5) is 0 Å². The normalized spacial score (nSPS) is 29.7. The van der Waals surface area contributed by atoms with E-state index in [1.165, 1.54) is 29.3 Å². The lowest BCUT2D eigenvalue weighted by atomic mass is 9.88. The monoisotopic (exact) mass is 223 g/mol. The van der Waals surface area contributed by atoms with Gasteiger partial charge in [-0.25, -0.2) is 4.98 Å². The van der Waals surface area contributed by atoms with E-state index in [2.05, 4.69) is 33.6 Å². The Morgan fingerprint density at radius 1 is 1.67 bits per heavy atom. The minimum atomic E-state index is 0.241. The minimum absolute atomic E-state index is 0.241. The molecule has 3 heterocycles. The van der Waals surface area contributed by atoms with Gasteiger partial charge in [0.2, 0.25) is 0 Å². The van der Waals surface area contributed by atoms with Gasteiger partial charge in [-0.2, -0.15) is 11.8 Å². The zero-order valence-corrected chi connectivity index (χ0v) is 9.94. The van der Waals surface area contributed by atoms with E-state index >= 15 is 0 Å². The first kappa shape index (κ1) is 9.73. The van der Waals surface area contributed by atoms with E-state index < -0.39 is 0 Å². The number of fused-ring (bicyclic) bond motifs is 2. The van der Waals surface area contributed by atoms with Crippen molar-refractivity contribution in [1.82, 2.24) is 14.9 Å². The van der Waals surface area contributed by atoms with E-state index in [0.29, 0.717) is 0 Å². The Bertz CT molecular complexity index is 352. The van der Waals surface area contributed by atoms with Crippen LogP contribution in [0.3, 0.4) is 0 Å². The molecule has 1 unspecified atom stereocenters. The maximum Gasteiger partial charge on any atom is 0.0952 e. The third-order valence-corrected chi connectivity index (χ3v) is 4.74. The molecule has 1 spiro atoms. The van der Waals surface area contributed by atoms with Crippen molar-refractivity contribution >= 4 is 11.8 Å². The van der Waals surface area contributed by atoms with Crippen LogP contribution in [0.2, 0.25) is 0 Å². The number of hydrogen-bond acceptors (Lipinski definition) is 3. The lowest BCUT2D eigenvalue weighted by Crippen LogP contribution is -2.48. The topological polar surface area (TPSA) is 29.9 Å². The highest BCUT2D eigenvalue weighted by Gasteiger charge is 2.42. The number of nitrogens with one attached hydrogen (secondary N) is 1. The molecule has 1 atom stereocenters. The van der Waals surface area contributed by atoms with Crippen molar-refractivity contribution < 1.29 is 0 Å². The standard InChI is InChI=1S/C11H17N3S/c1-2-14-8-12-9-3-5-13-11(10(9)14)4-6-15-7-11/h8,13H,2-7H2,1H3. The number of imidazole rings is 1. The molecular formula is C11H17N3S. The van der Waals surface area contributed by atoms with Crippen LogP contribution in [0, 0.1) is 0 Å². The first-order valence-corrected chi connectivity index (χ1v) is 6.88. The summed E-state index contributed by atoms with van der Waals surface area (Å²) in [5, 5.41) is 3.73. The van der Waals surface area contributed by atoms with Gasteiger partial charge >= 0.3 is 0 Å². The maximum atomic E-state index is 4.56. The van der Waals surface area contributed by atoms with Crippen molar-refractivity contribution in [2.75, 3.05) is 18.1 Å². The molecule has 1 aromatic rings. The second-order valence-corrected chi connectivity index (χ2v) is 5.49. The molecule has 4 heteroatoms. The summed E-state index contributed by atoms with van der Waals surface area (Å²) in [6.07, 6.45) is 4.37. The first-order chi connectivity index (χ1) is 7.36. The lowest BCUT2D eigenvalue weighted by molar-refractivity contribution is 0.332. The molecule has 2 aliphatic rings. The zero-order valence-electron chi connectivity index (χ0n) is 9.12. The third kappa shape index (κ3) is 1.35. The highest BCUT2D eigenvalue weighted by Crippen LogP contribution is 2.40. The summed E-state index contributed by atoms with van der Waals surface area (Å²) in [4.78, 5) is 4.56. The van der Waals surface area contributed by atoms with Crippen molar-refractivity contribution in [1.29, 1.82) is 0 Å². The third-order valence-electron chi connectivity index (χ3n) is 3.55. The van der Waals surface area contributed by atoms with Gasteiger partial charge in [-0.05, 0) is 19.1 Å². The van der Waals surface area contributed by atoms with E-state index in [0.717, 1.165) is 19.5 Å². The van der Waals surface area contributed by atoms with Crippen LogP contribution in [-0.2, 0) is 18.5 Å². The molecule has 82 valence electrons. The second-order valence-electron chi connectivity index (χ2n) is 4.39. The van der Waals surface area contributed by atoms with Gasteiger partial charge in [0.1, 0.15) is 0 Å². The molecule has 2 aliphatic heterocycles. The summed E-state index contributed by atoms with van der Waals surface area (Å²) in [6.45, 7) is 4.33. The van der Waals surface area contributed by atoms with Gasteiger partial charge < -0.3 is 9.88 Å². The van der Waals surface area contributed by atoms with E-state index in [1.54, 1.807) is 0 Å². The molecule has 0 saturated carbocycles. The van der Waals surface area contributed by atoms with Gasteiger partial charge in [-0.15, -0.1) is 0 Å². The molecular weight excluding hydrogens is 206 g/mol. The molecule has 0 aromatic carbocycles. The number of nitrogens with zero attached hydrogens (tertiary/aromatic N) is 2. The smallest absolute Gasteiger partial charge is 0.0952 e. The predicted molar refractivity (Wildman–Crippen MR) is 63.2 cm³/mol. The molecule has 1 saturated heterocycles. The first-order valence-electron chi connectivity index (χ1n) is 5.73. The molecule has 1 N–H and O–H groups in total. The summed E-state index contributed by atoms with van der Waals surface area (Å²) in [5.41, 5.74) is 3.05. The number of aryl methyl sites for hydroxylation is 1. The van der Waals surface area contributed by atoms with Gasteiger partial charge in [-0.1, -0.05) is 0 Å². The fraction of sp³-hybridized carbons (Fsp3) is 0.727. The average molecular weight is 223 g/mol. The van der Waals surface area contributed by atoms with Crippen molar-refractivity contribution in [2.24, 2.45) is 0 Å². The van der Waals surface area contributed by atoms with Gasteiger partial charge in [0.15, 0.2) is 0 Å². The summed E-state index contributed by atoms with van der Waals surface area (Å²) in [6, 6.07) is 0. The number of aromatic nitrogens is 2. The summed E-state index contributed by atoms with van der Waals surface area (Å²) < 4.78 is 2.33. The highest BCUT2D eigenvalue weighted by molar-refractivity contribution is 7.99. The van der Waals surface area contributed by atoms with Crippen LogP contribution in [0.1, 0.15) is 24.7 Å². The van der Waals surface area contributed by atoms with Crippen molar-refractivity contribution in [3.63, 3.8) is 0 Å². The summed E-state index contributed by atoms with van der Waals surface area (Å²) >= 11 is 2.06. The lowest BCUT2D eigenvalue weighted by Gasteiger charge is -2.35. The van der Waals surface area contributed by atoms with Crippen LogP contribution in [0.5, 0.6) is 0 Å². The Morgan fingerprint density at radius 3 is 3.33 bits per heavy atom. The quantitative estimate of drug-likeness (QED) is 0.780. The molecule has 1 fully saturated rings. The molecule has 3 nitrogen and oxygen atoms in total. The molecule has 0 radical (unpaired) electrons. The van der Waals surface area contributed by atoms with Gasteiger partial charge in [0.05, 0.1) is 23.3 Å². The molecule has 0 bridgehead atoms. The Labute approximate surface area is 94.7 Å². The van der Waals surface area contributed by atoms with Crippen molar-refractivity contribution in [3.8, 4) is 0 Å². The Morgan fingerprint density at radius 2 is 2.60 bits per heavy atom. The van der Waals surface area contributed by atoms with Crippen LogP contribution in [0.25, 0.3) is 0 Å². The van der Waals surface area contributed by atoms with E-state index in [9.17, 15) is 0 Å². The molecule has 3 rings (SSSR count). The van der Waals surface area contributed by atoms with Gasteiger partial charge in [-0.3, -0.25) is 0 Å². The Balaban J connectivity index is 2.11. The van der Waals surface area contributed by atoms with E-state index in [1.807, 2.05) is 6.33 Å². The van der Waals surface area contributed by atoms with Crippen molar-refractivity contribution in [3.05, 3.63) is 17.7 Å². The van der Waals surface area contributed by atoms with Crippen LogP contribution in [-0.4, -0.2) is 27.6 Å².